The van der Waals surface area contributed by atoms with Crippen LogP contribution in [0.1, 0.15) is 60.5 Å². The van der Waals surface area contributed by atoms with E-state index in [1.54, 1.807) is 36.1 Å². The molecule has 1 saturated heterocycles. The quantitative estimate of drug-likeness (QED) is 0.521. The predicted octanol–water partition coefficient (Wildman–Crippen LogP) is 5.06. The Morgan fingerprint density at radius 1 is 1.19 bits per heavy atom. The molecular formula is C26H29F3N4O3. The van der Waals surface area contributed by atoms with Crippen molar-refractivity contribution in [3.63, 3.8) is 0 Å². The second kappa shape index (κ2) is 9.93. The average Bonchev–Trinajstić information content (AvgIpc) is 2.97. The van der Waals surface area contributed by atoms with Gasteiger partial charge in [0.2, 0.25) is 0 Å². The Morgan fingerprint density at radius 2 is 1.89 bits per heavy atom. The molecule has 2 aromatic carbocycles. The molecule has 0 unspecified atom stereocenters. The summed E-state index contributed by atoms with van der Waals surface area (Å²) in [6.45, 7) is 8.11. The maximum atomic E-state index is 13.9. The number of hydrogen-bond acceptors (Lipinski definition) is 5. The number of alkyl halides is 3. The normalized spacial score (nSPS) is 19.7. The molecule has 0 spiro atoms. The first-order valence-electron chi connectivity index (χ1n) is 11.9. The van der Waals surface area contributed by atoms with Gasteiger partial charge in [-0.05, 0) is 76.1 Å². The summed E-state index contributed by atoms with van der Waals surface area (Å²) >= 11 is 0. The van der Waals surface area contributed by atoms with Crippen LogP contribution >= 0.6 is 0 Å². The number of carbonyl (C=O) groups is 1. The summed E-state index contributed by atoms with van der Waals surface area (Å²) in [6, 6.07) is 8.01. The van der Waals surface area contributed by atoms with Gasteiger partial charge in [0.1, 0.15) is 5.82 Å². The van der Waals surface area contributed by atoms with Gasteiger partial charge in [0.15, 0.2) is 0 Å². The maximum absolute atomic E-state index is 13.9. The molecule has 1 amide bonds. The molecule has 3 atom stereocenters. The number of H-pyrrole nitrogens is 1. The lowest BCUT2D eigenvalue weighted by molar-refractivity contribution is -0.138. The van der Waals surface area contributed by atoms with Crippen molar-refractivity contribution >= 4 is 22.5 Å². The first-order chi connectivity index (χ1) is 16.9. The van der Waals surface area contributed by atoms with E-state index in [1.165, 1.54) is 13.0 Å². The Kier molecular flexibility index (Phi) is 7.08. The van der Waals surface area contributed by atoms with Crippen LogP contribution in [0.4, 0.5) is 18.9 Å². The lowest BCUT2D eigenvalue weighted by Crippen LogP contribution is -2.35. The molecule has 192 valence electrons. The number of anilines is 1. The van der Waals surface area contributed by atoms with Crippen molar-refractivity contribution in [2.75, 3.05) is 18.4 Å². The third kappa shape index (κ3) is 5.53. The lowest BCUT2D eigenvalue weighted by Gasteiger charge is -2.23. The van der Waals surface area contributed by atoms with Gasteiger partial charge in [-0.15, -0.1) is 0 Å². The largest absolute Gasteiger partial charge is 0.416 e. The third-order valence-corrected chi connectivity index (χ3v) is 6.32. The van der Waals surface area contributed by atoms with Gasteiger partial charge in [0.25, 0.3) is 11.5 Å². The highest BCUT2D eigenvalue weighted by atomic mass is 19.4. The van der Waals surface area contributed by atoms with E-state index < -0.39 is 23.3 Å². The molecule has 0 saturated carbocycles. The van der Waals surface area contributed by atoms with Gasteiger partial charge in [-0.2, -0.15) is 13.2 Å². The standard InChI is InChI=1S/C26H29F3N4O3/c1-14-9-10-33(13-15(2)36-14)25(35)18-5-7-19(8-6-18)30-16(3)20-11-21-23(12-22(20)26(27,28)29)31-17(4)32-24(21)34/h5-8,11-12,14-16,30H,9-10,13H2,1-4H3,(H,31,32,34)/t14-,15+,16+/m1/s1. The zero-order chi connectivity index (χ0) is 26.2. The number of benzene rings is 2. The molecule has 1 aliphatic heterocycles. The number of aromatic nitrogens is 2. The number of aryl methyl sites for hydroxylation is 1. The first-order valence-corrected chi connectivity index (χ1v) is 11.9. The van der Waals surface area contributed by atoms with E-state index in [-0.39, 0.29) is 40.4 Å². The summed E-state index contributed by atoms with van der Waals surface area (Å²) in [5, 5.41) is 3.14. The zero-order valence-corrected chi connectivity index (χ0v) is 20.6. The number of hydrogen-bond donors (Lipinski definition) is 2. The number of ether oxygens (including phenoxy) is 1. The van der Waals surface area contributed by atoms with Gasteiger partial charge in [-0.25, -0.2) is 4.98 Å². The highest BCUT2D eigenvalue weighted by Crippen LogP contribution is 2.37. The molecule has 2 heterocycles. The number of amides is 1. The van der Waals surface area contributed by atoms with Crippen LogP contribution in [-0.2, 0) is 10.9 Å². The topological polar surface area (TPSA) is 87.3 Å². The second-order valence-corrected chi connectivity index (χ2v) is 9.35. The van der Waals surface area contributed by atoms with Crippen LogP contribution in [0.3, 0.4) is 0 Å². The van der Waals surface area contributed by atoms with Crippen molar-refractivity contribution in [2.24, 2.45) is 0 Å². The zero-order valence-electron chi connectivity index (χ0n) is 20.6. The summed E-state index contributed by atoms with van der Waals surface area (Å²) in [5.74, 6) is 0.126. The molecule has 0 aliphatic carbocycles. The van der Waals surface area contributed by atoms with Gasteiger partial charge < -0.3 is 19.9 Å². The fourth-order valence-corrected chi connectivity index (χ4v) is 4.57. The van der Waals surface area contributed by atoms with Gasteiger partial charge in [-0.3, -0.25) is 9.59 Å². The Hall–Kier alpha value is -3.40. The molecule has 1 aromatic heterocycles. The third-order valence-electron chi connectivity index (χ3n) is 6.32. The van der Waals surface area contributed by atoms with E-state index in [9.17, 15) is 22.8 Å². The minimum atomic E-state index is -4.63. The van der Waals surface area contributed by atoms with E-state index in [0.717, 1.165) is 12.5 Å². The lowest BCUT2D eigenvalue weighted by atomic mass is 9.98. The summed E-state index contributed by atoms with van der Waals surface area (Å²) in [4.78, 5) is 33.7. The molecule has 7 nitrogen and oxygen atoms in total. The molecule has 4 rings (SSSR count). The Morgan fingerprint density at radius 3 is 2.56 bits per heavy atom. The van der Waals surface area contributed by atoms with Crippen molar-refractivity contribution in [3.8, 4) is 0 Å². The van der Waals surface area contributed by atoms with Gasteiger partial charge in [-0.1, -0.05) is 0 Å². The molecule has 10 heteroatoms. The van der Waals surface area contributed by atoms with Crippen LogP contribution in [-0.4, -0.2) is 46.1 Å². The minimum absolute atomic E-state index is 0.00925. The van der Waals surface area contributed by atoms with Crippen molar-refractivity contribution < 1.29 is 22.7 Å². The van der Waals surface area contributed by atoms with Crippen LogP contribution < -0.4 is 10.9 Å². The SMILES string of the molecule is Cc1nc2cc(C(F)(F)F)c([C@H](C)Nc3ccc(C(=O)N4CC[C@@H](C)O[C@@H](C)C4)cc3)cc2c(=O)[nH]1. The Bertz CT molecular complexity index is 1320. The Labute approximate surface area is 206 Å². The molecular weight excluding hydrogens is 473 g/mol. The molecule has 1 aliphatic rings. The summed E-state index contributed by atoms with van der Waals surface area (Å²) in [7, 11) is 0. The van der Waals surface area contributed by atoms with Crippen molar-refractivity contribution in [3.05, 3.63) is 69.3 Å². The van der Waals surface area contributed by atoms with Crippen LogP contribution in [0.25, 0.3) is 10.9 Å². The van der Waals surface area contributed by atoms with E-state index in [4.69, 9.17) is 4.74 Å². The number of aromatic amines is 1. The summed E-state index contributed by atoms with van der Waals surface area (Å²) in [6.07, 6.45) is -3.86. The van der Waals surface area contributed by atoms with Crippen molar-refractivity contribution in [1.82, 2.24) is 14.9 Å². The van der Waals surface area contributed by atoms with Gasteiger partial charge in [0, 0.05) is 30.4 Å². The Balaban J connectivity index is 1.57. The van der Waals surface area contributed by atoms with Gasteiger partial charge >= 0.3 is 6.18 Å². The number of carbonyl (C=O) groups excluding carboxylic acids is 1. The van der Waals surface area contributed by atoms with Crippen LogP contribution in [0.2, 0.25) is 0 Å². The average molecular weight is 503 g/mol. The molecule has 0 radical (unpaired) electrons. The highest BCUT2D eigenvalue weighted by molar-refractivity contribution is 5.94. The predicted molar refractivity (Wildman–Crippen MR) is 131 cm³/mol. The van der Waals surface area contributed by atoms with Crippen LogP contribution in [0.5, 0.6) is 0 Å². The number of nitrogens with one attached hydrogen (secondary N) is 2. The summed E-state index contributed by atoms with van der Waals surface area (Å²) < 4.78 is 47.4. The molecule has 2 N–H and O–H groups in total. The molecule has 1 fully saturated rings. The number of rotatable bonds is 4. The van der Waals surface area contributed by atoms with E-state index in [1.807, 2.05) is 13.8 Å². The van der Waals surface area contributed by atoms with Crippen LogP contribution in [0.15, 0.2) is 41.2 Å². The van der Waals surface area contributed by atoms with E-state index >= 15 is 0 Å². The molecule has 3 aromatic rings. The first kappa shape index (κ1) is 25.7. The highest BCUT2D eigenvalue weighted by Gasteiger charge is 2.35. The van der Waals surface area contributed by atoms with E-state index in [0.29, 0.717) is 24.3 Å². The number of nitrogens with zero attached hydrogens (tertiary/aromatic N) is 2. The second-order valence-electron chi connectivity index (χ2n) is 9.35. The minimum Gasteiger partial charge on any atom is -0.379 e. The molecule has 0 bridgehead atoms. The van der Waals surface area contributed by atoms with Crippen LogP contribution in [0, 0.1) is 6.92 Å². The maximum Gasteiger partial charge on any atom is 0.416 e. The van der Waals surface area contributed by atoms with Crippen molar-refractivity contribution in [1.29, 1.82) is 0 Å². The number of fused-ring (bicyclic) bond motifs is 1. The molecule has 36 heavy (non-hydrogen) atoms. The fourth-order valence-electron chi connectivity index (χ4n) is 4.57. The van der Waals surface area contributed by atoms with Crippen molar-refractivity contribution in [2.45, 2.75) is 58.5 Å². The monoisotopic (exact) mass is 502 g/mol. The summed E-state index contributed by atoms with van der Waals surface area (Å²) in [5.41, 5.74) is -0.394. The smallest absolute Gasteiger partial charge is 0.379 e. The van der Waals surface area contributed by atoms with E-state index in [2.05, 4.69) is 15.3 Å². The van der Waals surface area contributed by atoms with Gasteiger partial charge in [0.05, 0.1) is 28.7 Å². The fraction of sp³-hybridized carbons (Fsp3) is 0.423. The number of halogens is 3.